The van der Waals surface area contributed by atoms with Gasteiger partial charge >= 0.3 is 0 Å². The van der Waals surface area contributed by atoms with Gasteiger partial charge in [0.1, 0.15) is 0 Å². The second kappa shape index (κ2) is 4.68. The van der Waals surface area contributed by atoms with Gasteiger partial charge in [0, 0.05) is 13.1 Å². The summed E-state index contributed by atoms with van der Waals surface area (Å²) in [4.78, 5) is 13.2. The Morgan fingerprint density at radius 2 is 1.93 bits per heavy atom. The van der Waals surface area contributed by atoms with Gasteiger partial charge in [-0.3, -0.25) is 4.79 Å². The maximum Gasteiger partial charge on any atom is 0.250 e. The van der Waals surface area contributed by atoms with Gasteiger partial charge in [0.2, 0.25) is 0 Å². The average Bonchev–Trinajstić information content (AvgIpc) is 2.21. The Morgan fingerprint density at radius 1 is 1.33 bits per heavy atom. The fourth-order valence-corrected chi connectivity index (χ4v) is 1.61. The number of nitrogens with two attached hydrogens (primary N) is 2. The SMILES string of the molecule is CCN(CC)c1cccc(C(N)=O)c1N. The summed E-state index contributed by atoms with van der Waals surface area (Å²) in [7, 11) is 0. The molecule has 0 heterocycles. The van der Waals surface area contributed by atoms with Crippen molar-refractivity contribution < 1.29 is 4.79 Å². The van der Waals surface area contributed by atoms with Crippen LogP contribution in [0.25, 0.3) is 0 Å². The summed E-state index contributed by atoms with van der Waals surface area (Å²) < 4.78 is 0. The normalized spacial score (nSPS) is 10.0. The molecular formula is C11H17N3O. The Kier molecular flexibility index (Phi) is 3.55. The third-order valence-corrected chi connectivity index (χ3v) is 2.45. The van der Waals surface area contributed by atoms with Crippen molar-refractivity contribution in [3.63, 3.8) is 0 Å². The molecule has 1 amide bonds. The average molecular weight is 207 g/mol. The van der Waals surface area contributed by atoms with E-state index in [-0.39, 0.29) is 0 Å². The minimum absolute atomic E-state index is 0.388. The number of carbonyl (C=O) groups excluding carboxylic acids is 1. The molecule has 0 saturated heterocycles. The first-order valence-corrected chi connectivity index (χ1v) is 5.05. The molecule has 0 atom stereocenters. The first kappa shape index (κ1) is 11.4. The Morgan fingerprint density at radius 3 is 2.40 bits per heavy atom. The highest BCUT2D eigenvalue weighted by Crippen LogP contribution is 2.26. The summed E-state index contributed by atoms with van der Waals surface area (Å²) in [6.45, 7) is 5.78. The van der Waals surface area contributed by atoms with Crippen LogP contribution in [0.3, 0.4) is 0 Å². The van der Waals surface area contributed by atoms with Crippen molar-refractivity contribution in [1.82, 2.24) is 0 Å². The van der Waals surface area contributed by atoms with Crippen LogP contribution in [0.4, 0.5) is 11.4 Å². The minimum Gasteiger partial charge on any atom is -0.396 e. The summed E-state index contributed by atoms with van der Waals surface area (Å²) >= 11 is 0. The number of anilines is 2. The van der Waals surface area contributed by atoms with E-state index in [1.54, 1.807) is 12.1 Å². The van der Waals surface area contributed by atoms with Gasteiger partial charge in [-0.1, -0.05) is 6.07 Å². The zero-order chi connectivity index (χ0) is 11.4. The van der Waals surface area contributed by atoms with Gasteiger partial charge in [-0.25, -0.2) is 0 Å². The quantitative estimate of drug-likeness (QED) is 0.729. The van der Waals surface area contributed by atoms with Gasteiger partial charge in [-0.05, 0) is 26.0 Å². The molecule has 0 radical (unpaired) electrons. The molecule has 4 heteroatoms. The van der Waals surface area contributed by atoms with Crippen molar-refractivity contribution in [2.24, 2.45) is 5.73 Å². The molecule has 1 aromatic carbocycles. The first-order valence-electron chi connectivity index (χ1n) is 5.05. The van der Waals surface area contributed by atoms with Crippen LogP contribution in [0.1, 0.15) is 24.2 Å². The molecule has 0 bridgehead atoms. The lowest BCUT2D eigenvalue weighted by Crippen LogP contribution is -2.24. The van der Waals surface area contributed by atoms with Crippen LogP contribution in [0, 0.1) is 0 Å². The van der Waals surface area contributed by atoms with E-state index in [2.05, 4.69) is 4.90 Å². The Bertz CT molecular complexity index is 359. The predicted octanol–water partition coefficient (Wildman–Crippen LogP) is 1.21. The first-order chi connectivity index (χ1) is 7.11. The van der Waals surface area contributed by atoms with E-state index in [1.807, 2.05) is 19.9 Å². The van der Waals surface area contributed by atoms with Crippen molar-refractivity contribution in [3.05, 3.63) is 23.8 Å². The van der Waals surface area contributed by atoms with Crippen LogP contribution in [-0.4, -0.2) is 19.0 Å². The predicted molar refractivity (Wildman–Crippen MR) is 62.9 cm³/mol. The van der Waals surface area contributed by atoms with Gasteiger partial charge in [0.05, 0.1) is 16.9 Å². The molecule has 1 rings (SSSR count). The Hall–Kier alpha value is -1.71. The summed E-state index contributed by atoms with van der Waals surface area (Å²) in [6.07, 6.45) is 0. The second-order valence-corrected chi connectivity index (χ2v) is 3.27. The third kappa shape index (κ3) is 2.21. The van der Waals surface area contributed by atoms with Gasteiger partial charge in [-0.15, -0.1) is 0 Å². The van der Waals surface area contributed by atoms with Crippen molar-refractivity contribution in [2.75, 3.05) is 23.7 Å². The van der Waals surface area contributed by atoms with Gasteiger partial charge in [0.25, 0.3) is 5.91 Å². The van der Waals surface area contributed by atoms with E-state index < -0.39 is 5.91 Å². The van der Waals surface area contributed by atoms with E-state index in [9.17, 15) is 4.79 Å². The summed E-state index contributed by atoms with van der Waals surface area (Å²) in [5.74, 6) is -0.485. The van der Waals surface area contributed by atoms with Gasteiger partial charge in [0.15, 0.2) is 0 Å². The number of primary amides is 1. The summed E-state index contributed by atoms with van der Waals surface area (Å²) in [5.41, 5.74) is 12.8. The van der Waals surface area contributed by atoms with Crippen molar-refractivity contribution >= 4 is 17.3 Å². The molecule has 0 aromatic heterocycles. The molecule has 0 aliphatic heterocycles. The molecule has 0 unspecified atom stereocenters. The molecule has 0 aliphatic carbocycles. The molecule has 0 aliphatic rings. The van der Waals surface area contributed by atoms with Crippen LogP contribution >= 0.6 is 0 Å². The molecule has 0 saturated carbocycles. The fourth-order valence-electron chi connectivity index (χ4n) is 1.61. The van der Waals surface area contributed by atoms with Crippen LogP contribution in [0.5, 0.6) is 0 Å². The number of hydrogen-bond donors (Lipinski definition) is 2. The number of nitrogens with zero attached hydrogens (tertiary/aromatic N) is 1. The fraction of sp³-hybridized carbons (Fsp3) is 0.364. The van der Waals surface area contributed by atoms with E-state index in [4.69, 9.17) is 11.5 Å². The molecular weight excluding hydrogens is 190 g/mol. The number of para-hydroxylation sites is 1. The van der Waals surface area contributed by atoms with Crippen molar-refractivity contribution in [3.8, 4) is 0 Å². The second-order valence-electron chi connectivity index (χ2n) is 3.27. The van der Waals surface area contributed by atoms with E-state index in [0.717, 1.165) is 18.8 Å². The maximum absolute atomic E-state index is 11.1. The highest BCUT2D eigenvalue weighted by Gasteiger charge is 2.12. The largest absolute Gasteiger partial charge is 0.396 e. The van der Waals surface area contributed by atoms with Crippen LogP contribution in [0.15, 0.2) is 18.2 Å². The van der Waals surface area contributed by atoms with Crippen LogP contribution < -0.4 is 16.4 Å². The molecule has 4 nitrogen and oxygen atoms in total. The molecule has 4 N–H and O–H groups in total. The maximum atomic E-state index is 11.1. The van der Waals surface area contributed by atoms with E-state index in [1.165, 1.54) is 0 Å². The number of benzene rings is 1. The highest BCUT2D eigenvalue weighted by molar-refractivity contribution is 6.00. The summed E-state index contributed by atoms with van der Waals surface area (Å²) in [6, 6.07) is 5.34. The van der Waals surface area contributed by atoms with Crippen molar-refractivity contribution in [1.29, 1.82) is 0 Å². The Balaban J connectivity index is 3.19. The lowest BCUT2D eigenvalue weighted by molar-refractivity contribution is 0.100. The number of nitrogen functional groups attached to an aromatic ring is 1. The minimum atomic E-state index is -0.485. The van der Waals surface area contributed by atoms with E-state index in [0.29, 0.717) is 11.3 Å². The van der Waals surface area contributed by atoms with E-state index >= 15 is 0 Å². The monoisotopic (exact) mass is 207 g/mol. The molecule has 0 fully saturated rings. The topological polar surface area (TPSA) is 72.3 Å². The number of carbonyl (C=O) groups is 1. The number of amides is 1. The van der Waals surface area contributed by atoms with Gasteiger partial charge < -0.3 is 16.4 Å². The number of hydrogen-bond acceptors (Lipinski definition) is 3. The lowest BCUT2D eigenvalue weighted by atomic mass is 10.1. The molecule has 15 heavy (non-hydrogen) atoms. The third-order valence-electron chi connectivity index (χ3n) is 2.45. The molecule has 0 spiro atoms. The Labute approximate surface area is 89.9 Å². The van der Waals surface area contributed by atoms with Crippen LogP contribution in [-0.2, 0) is 0 Å². The number of rotatable bonds is 4. The molecule has 82 valence electrons. The summed E-state index contributed by atoms with van der Waals surface area (Å²) in [5, 5.41) is 0. The zero-order valence-electron chi connectivity index (χ0n) is 9.16. The van der Waals surface area contributed by atoms with Gasteiger partial charge in [-0.2, -0.15) is 0 Å². The lowest BCUT2D eigenvalue weighted by Gasteiger charge is -2.23. The smallest absolute Gasteiger partial charge is 0.250 e. The van der Waals surface area contributed by atoms with Crippen molar-refractivity contribution in [2.45, 2.75) is 13.8 Å². The standard InChI is InChI=1S/C11H17N3O/c1-3-14(4-2)9-7-5-6-8(10(9)12)11(13)15/h5-7H,3-4,12H2,1-2H3,(H2,13,15). The zero-order valence-corrected chi connectivity index (χ0v) is 9.16. The molecule has 1 aromatic rings. The van der Waals surface area contributed by atoms with Crippen LogP contribution in [0.2, 0.25) is 0 Å². The highest BCUT2D eigenvalue weighted by atomic mass is 16.1.